The lowest BCUT2D eigenvalue weighted by atomic mass is 10.0. The summed E-state index contributed by atoms with van der Waals surface area (Å²) in [6, 6.07) is 16.9. The van der Waals surface area contributed by atoms with Crippen LogP contribution in [0, 0.1) is 0 Å². The standard InChI is InChI=1S/C27H25NO6/c1-30-19-8-10-23(32-3)18(12-19)13-25-26(29)20-9-11-24-21(27(20)34-25)15-28(16-33-24)14-17-6-4-5-7-22(17)31-2/h4-13H,14-16H2,1-3H3/b25-13-. The van der Waals surface area contributed by atoms with Crippen LogP contribution in [0.4, 0.5) is 0 Å². The summed E-state index contributed by atoms with van der Waals surface area (Å²) in [6.07, 6.45) is 1.69. The molecule has 2 heterocycles. The summed E-state index contributed by atoms with van der Waals surface area (Å²) in [5.74, 6) is 3.43. The average molecular weight is 459 g/mol. The normalized spacial score (nSPS) is 15.9. The Morgan fingerprint density at radius 1 is 0.971 bits per heavy atom. The number of nitrogens with zero attached hydrogens (tertiary/aromatic N) is 1. The zero-order chi connectivity index (χ0) is 23.7. The number of hydrogen-bond acceptors (Lipinski definition) is 7. The molecular formula is C27H25NO6. The summed E-state index contributed by atoms with van der Waals surface area (Å²) in [5.41, 5.74) is 3.14. The van der Waals surface area contributed by atoms with Crippen LogP contribution in [0.2, 0.25) is 0 Å². The van der Waals surface area contributed by atoms with Gasteiger partial charge in [-0.05, 0) is 42.5 Å². The van der Waals surface area contributed by atoms with Gasteiger partial charge in [-0.15, -0.1) is 0 Å². The number of ketones is 1. The van der Waals surface area contributed by atoms with Crippen LogP contribution < -0.4 is 23.7 Å². The number of ether oxygens (including phenoxy) is 5. The molecule has 0 saturated heterocycles. The van der Waals surface area contributed by atoms with Crippen LogP contribution in [0.25, 0.3) is 6.08 Å². The van der Waals surface area contributed by atoms with Gasteiger partial charge in [-0.25, -0.2) is 0 Å². The predicted molar refractivity (Wildman–Crippen MR) is 127 cm³/mol. The smallest absolute Gasteiger partial charge is 0.231 e. The largest absolute Gasteiger partial charge is 0.497 e. The minimum absolute atomic E-state index is 0.176. The second-order valence-corrected chi connectivity index (χ2v) is 8.04. The van der Waals surface area contributed by atoms with Crippen molar-refractivity contribution in [3.8, 4) is 28.7 Å². The van der Waals surface area contributed by atoms with Gasteiger partial charge in [0.05, 0.1) is 32.5 Å². The van der Waals surface area contributed by atoms with E-state index in [0.717, 1.165) is 22.6 Å². The molecule has 2 aliphatic rings. The zero-order valence-electron chi connectivity index (χ0n) is 19.3. The molecule has 0 N–H and O–H groups in total. The van der Waals surface area contributed by atoms with E-state index in [4.69, 9.17) is 23.7 Å². The quantitative estimate of drug-likeness (QED) is 0.496. The number of para-hydroxylation sites is 1. The van der Waals surface area contributed by atoms with Crippen LogP contribution >= 0.6 is 0 Å². The number of carbonyl (C=O) groups excluding carboxylic acids is 1. The fraction of sp³-hybridized carbons (Fsp3) is 0.222. The Bertz CT molecular complexity index is 1280. The van der Waals surface area contributed by atoms with E-state index >= 15 is 0 Å². The molecule has 0 atom stereocenters. The van der Waals surface area contributed by atoms with E-state index in [1.165, 1.54) is 0 Å². The molecule has 0 amide bonds. The van der Waals surface area contributed by atoms with E-state index in [1.54, 1.807) is 51.7 Å². The van der Waals surface area contributed by atoms with Crippen molar-refractivity contribution in [2.24, 2.45) is 0 Å². The Morgan fingerprint density at radius 2 is 1.79 bits per heavy atom. The molecule has 0 aliphatic carbocycles. The van der Waals surface area contributed by atoms with Gasteiger partial charge in [0.25, 0.3) is 0 Å². The number of Topliss-reactive ketones (excluding diaryl/α,β-unsaturated/α-hetero) is 1. The molecule has 0 spiro atoms. The number of fused-ring (bicyclic) bond motifs is 3. The zero-order valence-corrected chi connectivity index (χ0v) is 19.3. The molecule has 3 aromatic rings. The fourth-order valence-electron chi connectivity index (χ4n) is 4.27. The van der Waals surface area contributed by atoms with Crippen LogP contribution in [0.5, 0.6) is 28.7 Å². The van der Waals surface area contributed by atoms with E-state index in [0.29, 0.717) is 48.2 Å². The molecule has 7 heteroatoms. The number of benzene rings is 3. The molecule has 3 aromatic carbocycles. The maximum atomic E-state index is 13.2. The Labute approximate surface area is 198 Å². The minimum Gasteiger partial charge on any atom is -0.497 e. The van der Waals surface area contributed by atoms with Gasteiger partial charge in [0.1, 0.15) is 35.5 Å². The molecular weight excluding hydrogens is 434 g/mol. The van der Waals surface area contributed by atoms with Crippen LogP contribution in [-0.2, 0) is 13.1 Å². The fourth-order valence-corrected chi connectivity index (χ4v) is 4.27. The summed E-state index contributed by atoms with van der Waals surface area (Å²) in [7, 11) is 4.84. The van der Waals surface area contributed by atoms with Gasteiger partial charge < -0.3 is 23.7 Å². The first kappa shape index (κ1) is 21.9. The molecule has 5 rings (SSSR count). The van der Waals surface area contributed by atoms with Crippen molar-refractivity contribution in [1.82, 2.24) is 4.90 Å². The van der Waals surface area contributed by atoms with Gasteiger partial charge in [0.15, 0.2) is 5.76 Å². The number of methoxy groups -OCH3 is 3. The summed E-state index contributed by atoms with van der Waals surface area (Å²) in [5, 5.41) is 0. The van der Waals surface area contributed by atoms with E-state index in [9.17, 15) is 4.79 Å². The lowest BCUT2D eigenvalue weighted by Crippen LogP contribution is -2.31. The number of hydrogen-bond donors (Lipinski definition) is 0. The van der Waals surface area contributed by atoms with E-state index < -0.39 is 0 Å². The van der Waals surface area contributed by atoms with Crippen LogP contribution in [0.15, 0.2) is 60.4 Å². The molecule has 0 saturated carbocycles. The molecule has 0 fully saturated rings. The van der Waals surface area contributed by atoms with Gasteiger partial charge in [-0.1, -0.05) is 18.2 Å². The first-order chi connectivity index (χ1) is 16.6. The van der Waals surface area contributed by atoms with Crippen molar-refractivity contribution in [3.05, 3.63) is 82.6 Å². The van der Waals surface area contributed by atoms with Gasteiger partial charge in [-0.2, -0.15) is 0 Å². The lowest BCUT2D eigenvalue weighted by molar-refractivity contribution is 0.0865. The van der Waals surface area contributed by atoms with Crippen molar-refractivity contribution in [3.63, 3.8) is 0 Å². The second kappa shape index (κ2) is 9.11. The number of rotatable bonds is 6. The predicted octanol–water partition coefficient (Wildman–Crippen LogP) is 4.68. The Kier molecular flexibility index (Phi) is 5.86. The topological polar surface area (TPSA) is 66.5 Å². The van der Waals surface area contributed by atoms with Crippen molar-refractivity contribution >= 4 is 11.9 Å². The SMILES string of the molecule is COc1ccc(OC)c(/C=C2\Oc3c(ccc4c3CN(Cc3ccccc3OC)CO4)C2=O)c1. The first-order valence-corrected chi connectivity index (χ1v) is 10.9. The highest BCUT2D eigenvalue weighted by atomic mass is 16.5. The number of carbonyl (C=O) groups is 1. The van der Waals surface area contributed by atoms with Crippen molar-refractivity contribution in [2.45, 2.75) is 13.1 Å². The summed E-state index contributed by atoms with van der Waals surface area (Å²) < 4.78 is 28.4. The highest BCUT2D eigenvalue weighted by Gasteiger charge is 2.34. The van der Waals surface area contributed by atoms with Gasteiger partial charge in [0.2, 0.25) is 5.78 Å². The van der Waals surface area contributed by atoms with Crippen LogP contribution in [0.3, 0.4) is 0 Å². The maximum absolute atomic E-state index is 13.2. The first-order valence-electron chi connectivity index (χ1n) is 10.9. The van der Waals surface area contributed by atoms with Crippen molar-refractivity contribution in [1.29, 1.82) is 0 Å². The molecule has 0 radical (unpaired) electrons. The van der Waals surface area contributed by atoms with Gasteiger partial charge >= 0.3 is 0 Å². The van der Waals surface area contributed by atoms with E-state index in [-0.39, 0.29) is 11.5 Å². The monoisotopic (exact) mass is 459 g/mol. The third kappa shape index (κ3) is 3.95. The Balaban J connectivity index is 1.44. The van der Waals surface area contributed by atoms with Crippen molar-refractivity contribution < 1.29 is 28.5 Å². The molecule has 34 heavy (non-hydrogen) atoms. The third-order valence-corrected chi connectivity index (χ3v) is 5.99. The third-order valence-electron chi connectivity index (χ3n) is 5.99. The summed E-state index contributed by atoms with van der Waals surface area (Å²) in [6.45, 7) is 1.66. The molecule has 0 bridgehead atoms. The minimum atomic E-state index is -0.176. The maximum Gasteiger partial charge on any atom is 0.231 e. The lowest BCUT2D eigenvalue weighted by Gasteiger charge is -2.30. The number of allylic oxidation sites excluding steroid dienone is 1. The van der Waals surface area contributed by atoms with Gasteiger partial charge in [0, 0.05) is 24.2 Å². The molecule has 0 unspecified atom stereocenters. The summed E-state index contributed by atoms with van der Waals surface area (Å²) in [4.78, 5) is 15.3. The summed E-state index contributed by atoms with van der Waals surface area (Å²) >= 11 is 0. The molecule has 0 aromatic heterocycles. The van der Waals surface area contributed by atoms with E-state index in [2.05, 4.69) is 4.90 Å². The highest BCUT2D eigenvalue weighted by molar-refractivity contribution is 6.15. The van der Waals surface area contributed by atoms with Crippen molar-refractivity contribution in [2.75, 3.05) is 28.1 Å². The molecule has 7 nitrogen and oxygen atoms in total. The van der Waals surface area contributed by atoms with E-state index in [1.807, 2.05) is 30.3 Å². The average Bonchev–Trinajstić information content (AvgIpc) is 3.19. The van der Waals surface area contributed by atoms with Gasteiger partial charge in [-0.3, -0.25) is 9.69 Å². The molecule has 2 aliphatic heterocycles. The Hall–Kier alpha value is -3.97. The molecule has 174 valence electrons. The Morgan fingerprint density at radius 3 is 2.59 bits per heavy atom. The van der Waals surface area contributed by atoms with Crippen LogP contribution in [-0.4, -0.2) is 38.7 Å². The highest BCUT2D eigenvalue weighted by Crippen LogP contribution is 2.43. The second-order valence-electron chi connectivity index (χ2n) is 8.04. The van der Waals surface area contributed by atoms with Crippen LogP contribution in [0.1, 0.15) is 27.0 Å².